The van der Waals surface area contributed by atoms with Crippen molar-refractivity contribution in [3.8, 4) is 0 Å². The minimum Gasteiger partial charge on any atom is -0.327 e. The summed E-state index contributed by atoms with van der Waals surface area (Å²) in [7, 11) is 0. The molecule has 0 saturated carbocycles. The van der Waals surface area contributed by atoms with E-state index in [-0.39, 0.29) is 0 Å². The van der Waals surface area contributed by atoms with Crippen LogP contribution in [0.4, 0.5) is 0 Å². The van der Waals surface area contributed by atoms with E-state index in [0.717, 1.165) is 6.54 Å². The highest BCUT2D eigenvalue weighted by Gasteiger charge is 2.25. The molecule has 2 atom stereocenters. The lowest BCUT2D eigenvalue weighted by molar-refractivity contribution is 0.253. The quantitative estimate of drug-likeness (QED) is 0.614. The van der Waals surface area contributed by atoms with E-state index in [1.807, 2.05) is 6.08 Å². The average Bonchev–Trinajstić information content (AvgIpc) is 2.36. The molecular formula is C9H18N2. The van der Waals surface area contributed by atoms with Gasteiger partial charge < -0.3 is 5.73 Å². The van der Waals surface area contributed by atoms with Gasteiger partial charge in [0, 0.05) is 18.6 Å². The van der Waals surface area contributed by atoms with Crippen LogP contribution in [0.3, 0.4) is 0 Å². The summed E-state index contributed by atoms with van der Waals surface area (Å²) in [6, 6.07) is 0.894. The molecule has 0 bridgehead atoms. The predicted molar refractivity (Wildman–Crippen MR) is 48.4 cm³/mol. The Morgan fingerprint density at radius 1 is 1.82 bits per heavy atom. The van der Waals surface area contributed by atoms with Gasteiger partial charge >= 0.3 is 0 Å². The second-order valence-electron chi connectivity index (χ2n) is 3.35. The van der Waals surface area contributed by atoms with E-state index in [0.29, 0.717) is 12.1 Å². The van der Waals surface area contributed by atoms with Crippen LogP contribution in [0.15, 0.2) is 12.7 Å². The molecule has 2 unspecified atom stereocenters. The first-order valence-electron chi connectivity index (χ1n) is 4.36. The van der Waals surface area contributed by atoms with Gasteiger partial charge in [-0.1, -0.05) is 6.08 Å². The van der Waals surface area contributed by atoms with Gasteiger partial charge in [-0.3, -0.25) is 4.90 Å². The normalized spacial score (nSPS) is 28.7. The first-order chi connectivity index (χ1) is 5.25. The van der Waals surface area contributed by atoms with Crippen molar-refractivity contribution in [2.45, 2.75) is 31.8 Å². The van der Waals surface area contributed by atoms with E-state index in [2.05, 4.69) is 18.4 Å². The largest absolute Gasteiger partial charge is 0.327 e. The van der Waals surface area contributed by atoms with E-state index in [4.69, 9.17) is 5.73 Å². The van der Waals surface area contributed by atoms with Gasteiger partial charge in [-0.2, -0.15) is 0 Å². The van der Waals surface area contributed by atoms with Crippen molar-refractivity contribution in [1.29, 1.82) is 0 Å². The lowest BCUT2D eigenvalue weighted by Gasteiger charge is -2.25. The predicted octanol–water partition coefficient (Wildman–Crippen LogP) is 0.984. The number of nitrogens with two attached hydrogens (primary N) is 1. The van der Waals surface area contributed by atoms with E-state index in [1.54, 1.807) is 0 Å². The summed E-state index contributed by atoms with van der Waals surface area (Å²) in [6.45, 7) is 8.01. The Morgan fingerprint density at radius 3 is 3.09 bits per heavy atom. The highest BCUT2D eigenvalue weighted by molar-refractivity contribution is 4.88. The second-order valence-corrected chi connectivity index (χ2v) is 3.35. The minimum atomic E-state index is 0.303. The number of rotatable bonds is 3. The van der Waals surface area contributed by atoms with Crippen molar-refractivity contribution in [3.63, 3.8) is 0 Å². The van der Waals surface area contributed by atoms with Crippen LogP contribution in [0.2, 0.25) is 0 Å². The summed E-state index contributed by atoms with van der Waals surface area (Å²) in [4.78, 5) is 2.41. The lowest BCUT2D eigenvalue weighted by Crippen LogP contribution is -2.42. The highest BCUT2D eigenvalue weighted by atomic mass is 15.2. The monoisotopic (exact) mass is 154 g/mol. The molecule has 1 fully saturated rings. The molecule has 1 aliphatic heterocycles. The minimum absolute atomic E-state index is 0.303. The Morgan fingerprint density at radius 2 is 2.55 bits per heavy atom. The first-order valence-corrected chi connectivity index (χ1v) is 4.36. The molecular weight excluding hydrogens is 136 g/mol. The van der Waals surface area contributed by atoms with Crippen molar-refractivity contribution >= 4 is 0 Å². The van der Waals surface area contributed by atoms with E-state index in [9.17, 15) is 0 Å². The summed E-state index contributed by atoms with van der Waals surface area (Å²) in [6.07, 6.45) is 4.51. The van der Waals surface area contributed by atoms with Crippen LogP contribution in [-0.2, 0) is 0 Å². The molecule has 1 aliphatic rings. The third-order valence-corrected chi connectivity index (χ3v) is 2.38. The summed E-state index contributed by atoms with van der Waals surface area (Å²) >= 11 is 0. The molecule has 2 N–H and O–H groups in total. The smallest absolute Gasteiger partial charge is 0.0248 e. The first kappa shape index (κ1) is 8.75. The molecule has 64 valence electrons. The number of hydrogen-bond donors (Lipinski definition) is 1. The fourth-order valence-electron chi connectivity index (χ4n) is 1.84. The zero-order valence-corrected chi connectivity index (χ0v) is 7.29. The number of hydrogen-bond acceptors (Lipinski definition) is 2. The van der Waals surface area contributed by atoms with Gasteiger partial charge in [0.05, 0.1) is 0 Å². The van der Waals surface area contributed by atoms with Crippen molar-refractivity contribution in [3.05, 3.63) is 12.7 Å². The molecule has 11 heavy (non-hydrogen) atoms. The molecule has 0 aromatic heterocycles. The third kappa shape index (κ3) is 2.04. The van der Waals surface area contributed by atoms with E-state index in [1.165, 1.54) is 19.4 Å². The molecule has 0 amide bonds. The van der Waals surface area contributed by atoms with Crippen LogP contribution in [-0.4, -0.2) is 30.1 Å². The maximum Gasteiger partial charge on any atom is 0.0248 e. The molecule has 0 aromatic carbocycles. The number of likely N-dealkylation sites (tertiary alicyclic amines) is 1. The van der Waals surface area contributed by atoms with Crippen molar-refractivity contribution in [2.75, 3.05) is 13.1 Å². The SMILES string of the molecule is C=CCN1CCCC1C(C)N. The summed E-state index contributed by atoms with van der Waals surface area (Å²) in [5.41, 5.74) is 5.84. The van der Waals surface area contributed by atoms with Crippen LogP contribution in [0.25, 0.3) is 0 Å². The average molecular weight is 154 g/mol. The van der Waals surface area contributed by atoms with Gasteiger partial charge in [0.1, 0.15) is 0 Å². The third-order valence-electron chi connectivity index (χ3n) is 2.38. The molecule has 1 rings (SSSR count). The van der Waals surface area contributed by atoms with Crippen molar-refractivity contribution < 1.29 is 0 Å². The molecule has 0 spiro atoms. The summed E-state index contributed by atoms with van der Waals surface area (Å²) in [5, 5.41) is 0. The zero-order chi connectivity index (χ0) is 8.27. The fraction of sp³-hybridized carbons (Fsp3) is 0.778. The Labute approximate surface area is 69.1 Å². The van der Waals surface area contributed by atoms with Gasteiger partial charge in [0.15, 0.2) is 0 Å². The van der Waals surface area contributed by atoms with Crippen LogP contribution < -0.4 is 5.73 Å². The molecule has 1 heterocycles. The highest BCUT2D eigenvalue weighted by Crippen LogP contribution is 2.18. The van der Waals surface area contributed by atoms with Gasteiger partial charge in [-0.25, -0.2) is 0 Å². The topological polar surface area (TPSA) is 29.3 Å². The second kappa shape index (κ2) is 3.88. The van der Waals surface area contributed by atoms with E-state index < -0.39 is 0 Å². The lowest BCUT2D eigenvalue weighted by atomic mass is 10.1. The summed E-state index contributed by atoms with van der Waals surface area (Å²) in [5.74, 6) is 0. The Hall–Kier alpha value is -0.340. The Kier molecular flexibility index (Phi) is 3.09. The van der Waals surface area contributed by atoms with Crippen molar-refractivity contribution in [2.24, 2.45) is 5.73 Å². The van der Waals surface area contributed by atoms with Crippen LogP contribution in [0.5, 0.6) is 0 Å². The van der Waals surface area contributed by atoms with Crippen LogP contribution in [0, 0.1) is 0 Å². The standard InChI is InChI=1S/C9H18N2/c1-3-6-11-7-4-5-9(11)8(2)10/h3,8-9H,1,4-7,10H2,2H3. The van der Waals surface area contributed by atoms with Gasteiger partial charge in [0.25, 0.3) is 0 Å². The van der Waals surface area contributed by atoms with Gasteiger partial charge in [0.2, 0.25) is 0 Å². The van der Waals surface area contributed by atoms with Crippen LogP contribution in [0.1, 0.15) is 19.8 Å². The molecule has 2 heteroatoms. The maximum absolute atomic E-state index is 5.84. The zero-order valence-electron chi connectivity index (χ0n) is 7.29. The Balaban J connectivity index is 2.43. The van der Waals surface area contributed by atoms with Crippen molar-refractivity contribution in [1.82, 2.24) is 4.90 Å². The summed E-state index contributed by atoms with van der Waals surface area (Å²) < 4.78 is 0. The molecule has 0 aromatic rings. The molecule has 1 saturated heterocycles. The Bertz CT molecular complexity index is 132. The molecule has 2 nitrogen and oxygen atoms in total. The van der Waals surface area contributed by atoms with E-state index >= 15 is 0 Å². The molecule has 0 aliphatic carbocycles. The van der Waals surface area contributed by atoms with Crippen LogP contribution >= 0.6 is 0 Å². The fourth-order valence-corrected chi connectivity index (χ4v) is 1.84. The molecule has 0 radical (unpaired) electrons. The maximum atomic E-state index is 5.84. The number of nitrogens with zero attached hydrogens (tertiary/aromatic N) is 1. The van der Waals surface area contributed by atoms with Gasteiger partial charge in [-0.15, -0.1) is 6.58 Å². The van der Waals surface area contributed by atoms with Gasteiger partial charge in [-0.05, 0) is 26.3 Å².